The van der Waals surface area contributed by atoms with Gasteiger partial charge < -0.3 is 14.2 Å². The zero-order chi connectivity index (χ0) is 47.2. The molecule has 0 heterocycles. The quantitative estimate of drug-likeness (QED) is 0.0262. The molecule has 0 aliphatic rings. The Hall–Kier alpha value is -2.63. The van der Waals surface area contributed by atoms with E-state index in [1.807, 2.05) is 0 Å². The molecule has 0 N–H and O–H groups in total. The van der Waals surface area contributed by atoms with E-state index in [-0.39, 0.29) is 31.1 Å². The minimum absolute atomic E-state index is 0.0738. The van der Waals surface area contributed by atoms with Gasteiger partial charge in [0.2, 0.25) is 0 Å². The summed E-state index contributed by atoms with van der Waals surface area (Å²) in [6.45, 7) is 6.59. The summed E-state index contributed by atoms with van der Waals surface area (Å²) >= 11 is 0. The number of carbonyl (C=O) groups is 3. The van der Waals surface area contributed by atoms with Crippen LogP contribution in [-0.4, -0.2) is 37.2 Å². The first-order valence-electron chi connectivity index (χ1n) is 28.1. The minimum atomic E-state index is -0.774. The van der Waals surface area contributed by atoms with E-state index < -0.39 is 6.10 Å². The molecule has 0 spiro atoms. The number of esters is 3. The summed E-state index contributed by atoms with van der Waals surface area (Å²) < 4.78 is 16.8. The van der Waals surface area contributed by atoms with Gasteiger partial charge in [-0.1, -0.05) is 236 Å². The van der Waals surface area contributed by atoms with Gasteiger partial charge in [-0.3, -0.25) is 14.4 Å². The van der Waals surface area contributed by atoms with Crippen molar-refractivity contribution in [2.75, 3.05) is 13.2 Å². The highest BCUT2D eigenvalue weighted by molar-refractivity contribution is 5.71. The molecule has 6 heteroatoms. The normalized spacial score (nSPS) is 12.4. The Morgan fingerprint density at radius 1 is 0.308 bits per heavy atom. The van der Waals surface area contributed by atoms with Gasteiger partial charge in [0.1, 0.15) is 13.2 Å². The Balaban J connectivity index is 4.28. The number of carbonyl (C=O) groups excluding carboxylic acids is 3. The van der Waals surface area contributed by atoms with Crippen LogP contribution < -0.4 is 0 Å². The van der Waals surface area contributed by atoms with Gasteiger partial charge in [0.25, 0.3) is 0 Å². The Kier molecular flexibility index (Phi) is 51.8. The highest BCUT2D eigenvalue weighted by Crippen LogP contribution is 2.16. The molecule has 0 aromatic rings. The van der Waals surface area contributed by atoms with Crippen LogP contribution in [-0.2, 0) is 28.6 Å². The number of allylic oxidation sites excluding steroid dienone is 8. The highest BCUT2D eigenvalue weighted by atomic mass is 16.6. The lowest BCUT2D eigenvalue weighted by Crippen LogP contribution is -2.30. The fourth-order valence-corrected chi connectivity index (χ4v) is 8.03. The molecule has 0 saturated heterocycles. The summed E-state index contributed by atoms with van der Waals surface area (Å²) in [6.07, 6.45) is 65.3. The van der Waals surface area contributed by atoms with Crippen LogP contribution in [0.25, 0.3) is 0 Å². The summed E-state index contributed by atoms with van der Waals surface area (Å²) in [6, 6.07) is 0. The van der Waals surface area contributed by atoms with Crippen molar-refractivity contribution in [1.82, 2.24) is 0 Å². The van der Waals surface area contributed by atoms with Crippen LogP contribution in [0.4, 0.5) is 0 Å². The third-order valence-electron chi connectivity index (χ3n) is 12.3. The summed E-state index contributed by atoms with van der Waals surface area (Å²) in [7, 11) is 0. The predicted molar refractivity (Wildman–Crippen MR) is 279 cm³/mol. The maximum atomic E-state index is 12.8. The van der Waals surface area contributed by atoms with Gasteiger partial charge in [0.15, 0.2) is 6.10 Å². The molecule has 0 aromatic heterocycles. The molecular formula is C59H106O6. The van der Waals surface area contributed by atoms with E-state index in [1.165, 1.54) is 180 Å². The molecule has 378 valence electrons. The molecule has 65 heavy (non-hydrogen) atoms. The highest BCUT2D eigenvalue weighted by Gasteiger charge is 2.19. The molecule has 0 bridgehead atoms. The third kappa shape index (κ3) is 52.2. The number of hydrogen-bond acceptors (Lipinski definition) is 6. The summed E-state index contributed by atoms with van der Waals surface area (Å²) in [4.78, 5) is 38.0. The van der Waals surface area contributed by atoms with E-state index in [9.17, 15) is 14.4 Å². The molecule has 0 radical (unpaired) electrons. The standard InChI is InChI=1S/C59H106O6/c1-4-7-10-13-16-19-21-23-25-27-29-31-33-35-37-40-43-46-49-52-58(61)64-55-56(54-63-57(60)51-48-45-42-39-18-15-12-9-6-3)65-59(62)53-50-47-44-41-38-36-34-32-30-28-26-24-22-20-17-14-11-8-5-2/h16-17,19-20,23-26,56H,4-15,18,21-22,27-55H2,1-3H3/b19-16-,20-17-,25-23-,26-24-/t56-/m1/s1. The molecule has 1 atom stereocenters. The number of unbranched alkanes of at least 4 members (excludes halogenated alkanes) is 32. The first-order chi connectivity index (χ1) is 32.0. The summed E-state index contributed by atoms with van der Waals surface area (Å²) in [5.41, 5.74) is 0. The van der Waals surface area contributed by atoms with Gasteiger partial charge in [-0.05, 0) is 83.5 Å². The molecule has 0 rings (SSSR count). The monoisotopic (exact) mass is 911 g/mol. The second-order valence-corrected chi connectivity index (χ2v) is 18.8. The van der Waals surface area contributed by atoms with Crippen LogP contribution in [0.5, 0.6) is 0 Å². The van der Waals surface area contributed by atoms with Gasteiger partial charge in [-0.15, -0.1) is 0 Å². The number of ether oxygens (including phenoxy) is 3. The fourth-order valence-electron chi connectivity index (χ4n) is 8.03. The van der Waals surface area contributed by atoms with Gasteiger partial charge in [0, 0.05) is 19.3 Å². The van der Waals surface area contributed by atoms with Crippen LogP contribution in [0, 0.1) is 0 Å². The second-order valence-electron chi connectivity index (χ2n) is 18.8. The molecule has 6 nitrogen and oxygen atoms in total. The molecule has 0 aliphatic carbocycles. The van der Waals surface area contributed by atoms with Crippen molar-refractivity contribution in [2.24, 2.45) is 0 Å². The molecule has 0 amide bonds. The lowest BCUT2D eigenvalue weighted by atomic mass is 10.1. The van der Waals surface area contributed by atoms with Crippen molar-refractivity contribution in [3.63, 3.8) is 0 Å². The summed E-state index contributed by atoms with van der Waals surface area (Å²) in [5.74, 6) is -0.874. The molecule has 0 aromatic carbocycles. The first kappa shape index (κ1) is 62.4. The Morgan fingerprint density at radius 2 is 0.554 bits per heavy atom. The van der Waals surface area contributed by atoms with Crippen molar-refractivity contribution in [2.45, 2.75) is 297 Å². The van der Waals surface area contributed by atoms with Crippen LogP contribution >= 0.6 is 0 Å². The third-order valence-corrected chi connectivity index (χ3v) is 12.3. The largest absolute Gasteiger partial charge is 0.462 e. The van der Waals surface area contributed by atoms with Gasteiger partial charge in [0.05, 0.1) is 0 Å². The van der Waals surface area contributed by atoms with Crippen molar-refractivity contribution >= 4 is 17.9 Å². The maximum Gasteiger partial charge on any atom is 0.306 e. The topological polar surface area (TPSA) is 78.9 Å². The average Bonchev–Trinajstić information content (AvgIpc) is 3.30. The average molecular weight is 911 g/mol. The summed E-state index contributed by atoms with van der Waals surface area (Å²) in [5, 5.41) is 0. The van der Waals surface area contributed by atoms with E-state index in [0.717, 1.165) is 70.6 Å². The fraction of sp³-hybridized carbons (Fsp3) is 0.814. The van der Waals surface area contributed by atoms with Crippen LogP contribution in [0.15, 0.2) is 48.6 Å². The minimum Gasteiger partial charge on any atom is -0.462 e. The van der Waals surface area contributed by atoms with Gasteiger partial charge in [-0.25, -0.2) is 0 Å². The Labute approximate surface area is 403 Å². The maximum absolute atomic E-state index is 12.8. The van der Waals surface area contributed by atoms with Crippen LogP contribution in [0.1, 0.15) is 290 Å². The lowest BCUT2D eigenvalue weighted by Gasteiger charge is -2.18. The second kappa shape index (κ2) is 54.0. The molecule has 0 unspecified atom stereocenters. The van der Waals surface area contributed by atoms with Crippen molar-refractivity contribution in [3.05, 3.63) is 48.6 Å². The SMILES string of the molecule is CCCCC/C=C\C/C=C\CCCCCCCCCCCC(=O)OC[C@@H](COC(=O)CCCCCCCCCCC)OC(=O)CCCCCCCCCCC/C=C\C/C=C\CCCCC. The van der Waals surface area contributed by atoms with Gasteiger partial charge in [-0.2, -0.15) is 0 Å². The number of hydrogen-bond donors (Lipinski definition) is 0. The number of rotatable bonds is 51. The zero-order valence-electron chi connectivity index (χ0n) is 43.3. The Bertz CT molecular complexity index is 1140. The van der Waals surface area contributed by atoms with E-state index in [1.54, 1.807) is 0 Å². The smallest absolute Gasteiger partial charge is 0.306 e. The predicted octanol–water partition coefficient (Wildman–Crippen LogP) is 18.7. The van der Waals surface area contributed by atoms with Crippen molar-refractivity contribution < 1.29 is 28.6 Å². The van der Waals surface area contributed by atoms with E-state index in [2.05, 4.69) is 69.4 Å². The van der Waals surface area contributed by atoms with E-state index in [4.69, 9.17) is 14.2 Å². The molecule has 0 aliphatic heterocycles. The van der Waals surface area contributed by atoms with E-state index in [0.29, 0.717) is 19.3 Å². The van der Waals surface area contributed by atoms with Crippen molar-refractivity contribution in [3.8, 4) is 0 Å². The van der Waals surface area contributed by atoms with Crippen LogP contribution in [0.3, 0.4) is 0 Å². The van der Waals surface area contributed by atoms with E-state index >= 15 is 0 Å². The van der Waals surface area contributed by atoms with Gasteiger partial charge >= 0.3 is 17.9 Å². The molecule has 0 saturated carbocycles. The molecular weight excluding hydrogens is 805 g/mol. The zero-order valence-corrected chi connectivity index (χ0v) is 43.3. The first-order valence-corrected chi connectivity index (χ1v) is 28.1. The van der Waals surface area contributed by atoms with Crippen LogP contribution in [0.2, 0.25) is 0 Å². The van der Waals surface area contributed by atoms with Crippen molar-refractivity contribution in [1.29, 1.82) is 0 Å². The molecule has 0 fully saturated rings. The lowest BCUT2D eigenvalue weighted by molar-refractivity contribution is -0.167. The Morgan fingerprint density at radius 3 is 0.877 bits per heavy atom.